The van der Waals surface area contributed by atoms with Gasteiger partial charge in [-0.25, -0.2) is 4.98 Å². The molecular formula is C29H25N3O3S. The maximum Gasteiger partial charge on any atom is 0.257 e. The second-order valence-electron chi connectivity index (χ2n) is 8.61. The van der Waals surface area contributed by atoms with Gasteiger partial charge >= 0.3 is 0 Å². The molecule has 0 bridgehead atoms. The van der Waals surface area contributed by atoms with Crippen molar-refractivity contribution in [2.75, 3.05) is 10.2 Å². The smallest absolute Gasteiger partial charge is 0.257 e. The quantitative estimate of drug-likeness (QED) is 0.304. The Hall–Kier alpha value is -4.10. The molecule has 7 heteroatoms. The molecule has 6 nitrogen and oxygen atoms in total. The average molecular weight is 496 g/mol. The Morgan fingerprint density at radius 3 is 2.25 bits per heavy atom. The molecular weight excluding hydrogens is 470 g/mol. The van der Waals surface area contributed by atoms with Gasteiger partial charge in [-0.2, -0.15) is 0 Å². The van der Waals surface area contributed by atoms with E-state index in [4.69, 9.17) is 4.98 Å². The third-order valence-corrected chi connectivity index (χ3v) is 7.11. The SMILES string of the molecule is CCCc1sc(NC(=O)c2cccc(N3C(=O)CCC3=O)c2)nc1-c1ccc(-c2ccccc2)cc1. The topological polar surface area (TPSA) is 79.4 Å². The number of nitrogens with one attached hydrogen (secondary N) is 1. The highest BCUT2D eigenvalue weighted by atomic mass is 32.1. The number of hydrogen-bond donors (Lipinski definition) is 1. The molecule has 36 heavy (non-hydrogen) atoms. The van der Waals surface area contributed by atoms with Gasteiger partial charge in [0.25, 0.3) is 5.91 Å². The fourth-order valence-corrected chi connectivity index (χ4v) is 5.38. The van der Waals surface area contributed by atoms with Crippen molar-refractivity contribution >= 4 is 39.9 Å². The van der Waals surface area contributed by atoms with Crippen molar-refractivity contribution in [3.63, 3.8) is 0 Å². The van der Waals surface area contributed by atoms with Crippen molar-refractivity contribution in [3.05, 3.63) is 89.3 Å². The maximum atomic E-state index is 13.0. The molecule has 4 aromatic rings. The normalized spacial score (nSPS) is 13.3. The first-order valence-electron chi connectivity index (χ1n) is 12.0. The second-order valence-corrected chi connectivity index (χ2v) is 9.70. The number of benzene rings is 3. The average Bonchev–Trinajstić information content (AvgIpc) is 3.46. The molecule has 0 spiro atoms. The van der Waals surface area contributed by atoms with Crippen LogP contribution in [0.25, 0.3) is 22.4 Å². The molecule has 1 saturated heterocycles. The first kappa shape index (κ1) is 23.6. The van der Waals surface area contributed by atoms with Crippen LogP contribution in [0, 0.1) is 0 Å². The van der Waals surface area contributed by atoms with Crippen LogP contribution in [0.15, 0.2) is 78.9 Å². The molecule has 1 fully saturated rings. The molecule has 180 valence electrons. The largest absolute Gasteiger partial charge is 0.298 e. The van der Waals surface area contributed by atoms with Gasteiger partial charge in [-0.05, 0) is 35.7 Å². The minimum Gasteiger partial charge on any atom is -0.298 e. The molecule has 0 atom stereocenters. The van der Waals surface area contributed by atoms with Crippen LogP contribution in [0.1, 0.15) is 41.4 Å². The summed E-state index contributed by atoms with van der Waals surface area (Å²) in [6, 6.07) is 25.1. The summed E-state index contributed by atoms with van der Waals surface area (Å²) < 4.78 is 0. The zero-order valence-corrected chi connectivity index (χ0v) is 20.7. The summed E-state index contributed by atoms with van der Waals surface area (Å²) in [7, 11) is 0. The molecule has 1 N–H and O–H groups in total. The van der Waals surface area contributed by atoms with Crippen LogP contribution < -0.4 is 10.2 Å². The minimum absolute atomic E-state index is 0.198. The van der Waals surface area contributed by atoms with E-state index in [9.17, 15) is 14.4 Å². The Labute approximate surface area is 213 Å². The van der Waals surface area contributed by atoms with Gasteiger partial charge in [0, 0.05) is 28.8 Å². The predicted molar refractivity (Wildman–Crippen MR) is 143 cm³/mol. The Balaban J connectivity index is 1.38. The highest BCUT2D eigenvalue weighted by molar-refractivity contribution is 7.16. The highest BCUT2D eigenvalue weighted by Crippen LogP contribution is 2.34. The third kappa shape index (κ3) is 4.83. The van der Waals surface area contributed by atoms with Crippen molar-refractivity contribution in [1.29, 1.82) is 0 Å². The van der Waals surface area contributed by atoms with Crippen LogP contribution in [0.2, 0.25) is 0 Å². The van der Waals surface area contributed by atoms with E-state index in [0.29, 0.717) is 16.4 Å². The van der Waals surface area contributed by atoms with Crippen molar-refractivity contribution in [1.82, 2.24) is 4.98 Å². The van der Waals surface area contributed by atoms with Gasteiger partial charge in [-0.1, -0.05) is 74.0 Å². The Morgan fingerprint density at radius 2 is 1.56 bits per heavy atom. The minimum atomic E-state index is -0.335. The molecule has 1 aliphatic heterocycles. The van der Waals surface area contributed by atoms with E-state index < -0.39 is 0 Å². The van der Waals surface area contributed by atoms with Crippen molar-refractivity contribution in [2.45, 2.75) is 32.6 Å². The first-order valence-corrected chi connectivity index (χ1v) is 12.8. The number of imide groups is 1. The Bertz CT molecular complexity index is 1410. The molecule has 0 unspecified atom stereocenters. The number of aromatic nitrogens is 1. The lowest BCUT2D eigenvalue weighted by Gasteiger charge is -2.14. The lowest BCUT2D eigenvalue weighted by Crippen LogP contribution is -2.28. The van der Waals surface area contributed by atoms with Crippen LogP contribution in [0.4, 0.5) is 10.8 Å². The van der Waals surface area contributed by atoms with Gasteiger partial charge in [0.15, 0.2) is 5.13 Å². The van der Waals surface area contributed by atoms with Gasteiger partial charge in [0.05, 0.1) is 11.4 Å². The number of carbonyl (C=O) groups is 3. The van der Waals surface area contributed by atoms with E-state index in [1.54, 1.807) is 24.3 Å². The van der Waals surface area contributed by atoms with Crippen molar-refractivity contribution < 1.29 is 14.4 Å². The van der Waals surface area contributed by atoms with Gasteiger partial charge < -0.3 is 0 Å². The van der Waals surface area contributed by atoms with Crippen LogP contribution >= 0.6 is 11.3 Å². The second kappa shape index (κ2) is 10.3. The first-order chi connectivity index (χ1) is 17.5. The molecule has 5 rings (SSSR count). The number of carbonyl (C=O) groups excluding carboxylic acids is 3. The van der Waals surface area contributed by atoms with E-state index in [2.05, 4.69) is 48.6 Å². The summed E-state index contributed by atoms with van der Waals surface area (Å²) in [4.78, 5) is 44.2. The number of aryl methyl sites for hydroxylation is 1. The number of nitrogens with zero attached hydrogens (tertiary/aromatic N) is 2. The molecule has 2 heterocycles. The molecule has 1 aliphatic rings. The zero-order chi connectivity index (χ0) is 25.1. The summed E-state index contributed by atoms with van der Waals surface area (Å²) in [6.07, 6.45) is 2.22. The lowest BCUT2D eigenvalue weighted by atomic mass is 10.0. The fourth-order valence-electron chi connectivity index (χ4n) is 4.30. The van der Waals surface area contributed by atoms with E-state index in [-0.39, 0.29) is 30.6 Å². The highest BCUT2D eigenvalue weighted by Gasteiger charge is 2.30. The van der Waals surface area contributed by atoms with Crippen LogP contribution in [-0.2, 0) is 16.0 Å². The lowest BCUT2D eigenvalue weighted by molar-refractivity contribution is -0.121. The number of amides is 3. The molecule has 0 saturated carbocycles. The number of anilines is 2. The summed E-state index contributed by atoms with van der Waals surface area (Å²) in [5.41, 5.74) is 4.95. The standard InChI is InChI=1S/C29H25N3O3S/c1-2-7-24-27(21-14-12-20(13-15-21)19-8-4-3-5-9-19)30-29(36-24)31-28(35)22-10-6-11-23(18-22)32-25(33)16-17-26(32)34/h3-6,8-15,18H,2,7,16-17H2,1H3,(H,30,31,35). The third-order valence-electron chi connectivity index (χ3n) is 6.08. The molecule has 0 radical (unpaired) electrons. The van der Waals surface area contributed by atoms with Gasteiger partial charge in [0.1, 0.15) is 0 Å². The van der Waals surface area contributed by atoms with Gasteiger partial charge in [-0.3, -0.25) is 24.6 Å². The number of rotatable bonds is 7. The maximum absolute atomic E-state index is 13.0. The van der Waals surface area contributed by atoms with E-state index in [0.717, 1.165) is 45.0 Å². The van der Waals surface area contributed by atoms with Crippen LogP contribution in [-0.4, -0.2) is 22.7 Å². The fraction of sp³-hybridized carbons (Fsp3) is 0.172. The van der Waals surface area contributed by atoms with E-state index in [1.807, 2.05) is 18.2 Å². The summed E-state index contributed by atoms with van der Waals surface area (Å²) in [5, 5.41) is 3.42. The van der Waals surface area contributed by atoms with Crippen molar-refractivity contribution in [2.24, 2.45) is 0 Å². The summed E-state index contributed by atoms with van der Waals surface area (Å²) in [6.45, 7) is 2.12. The Kier molecular flexibility index (Phi) is 6.73. The van der Waals surface area contributed by atoms with Gasteiger partial charge in [0.2, 0.25) is 11.8 Å². The molecule has 1 aromatic heterocycles. The monoisotopic (exact) mass is 495 g/mol. The number of thiazole rings is 1. The Morgan fingerprint density at radius 1 is 0.889 bits per heavy atom. The predicted octanol–water partition coefficient (Wildman–Crippen LogP) is 6.34. The van der Waals surface area contributed by atoms with Crippen LogP contribution in [0.5, 0.6) is 0 Å². The van der Waals surface area contributed by atoms with Crippen LogP contribution in [0.3, 0.4) is 0 Å². The zero-order valence-electron chi connectivity index (χ0n) is 19.9. The molecule has 3 amide bonds. The molecule has 3 aromatic carbocycles. The number of hydrogen-bond acceptors (Lipinski definition) is 5. The van der Waals surface area contributed by atoms with Gasteiger partial charge in [-0.15, -0.1) is 11.3 Å². The molecule has 0 aliphatic carbocycles. The van der Waals surface area contributed by atoms with Crippen molar-refractivity contribution in [3.8, 4) is 22.4 Å². The summed E-state index contributed by atoms with van der Waals surface area (Å²) in [5.74, 6) is -0.826. The van der Waals surface area contributed by atoms with E-state index in [1.165, 1.54) is 11.3 Å². The summed E-state index contributed by atoms with van der Waals surface area (Å²) >= 11 is 1.47. The van der Waals surface area contributed by atoms with E-state index >= 15 is 0 Å².